The molecule has 3 rings (SSSR count). The van der Waals surface area contributed by atoms with Gasteiger partial charge in [0.25, 0.3) is 0 Å². The van der Waals surface area contributed by atoms with Gasteiger partial charge in [-0.2, -0.15) is 0 Å². The zero-order valence-corrected chi connectivity index (χ0v) is 18.6. The molecule has 1 aliphatic rings. The van der Waals surface area contributed by atoms with Crippen LogP contribution in [0.25, 0.3) is 11.1 Å². The maximum Gasteiger partial charge on any atom is 0.338 e. The van der Waals surface area contributed by atoms with Crippen molar-refractivity contribution in [2.45, 2.75) is 33.1 Å². The molecule has 2 atom stereocenters. The Morgan fingerprint density at radius 2 is 1.34 bits per heavy atom. The third-order valence-electron chi connectivity index (χ3n) is 5.25. The third-order valence-corrected chi connectivity index (χ3v) is 5.25. The molecule has 1 fully saturated rings. The van der Waals surface area contributed by atoms with E-state index in [4.69, 9.17) is 9.47 Å². The molecule has 164 valence electrons. The summed E-state index contributed by atoms with van der Waals surface area (Å²) in [4.78, 5) is 36.2. The number of carbonyl (C=O) groups excluding carboxylic acids is 3. The Morgan fingerprint density at radius 3 is 1.91 bits per heavy atom. The van der Waals surface area contributed by atoms with Gasteiger partial charge in [0.2, 0.25) is 0 Å². The monoisotopic (exact) mass is 430 g/mol. The first-order chi connectivity index (χ1) is 15.1. The van der Waals surface area contributed by atoms with Gasteiger partial charge in [-0.25, -0.2) is 9.59 Å². The number of carbonyl (C=O) groups is 3. The fourth-order valence-corrected chi connectivity index (χ4v) is 3.35. The van der Waals surface area contributed by atoms with Crippen LogP contribution in [0.4, 0.5) is 0 Å². The average Bonchev–Trinajstić information content (AvgIpc) is 3.54. The second-order valence-corrected chi connectivity index (χ2v) is 8.21. The summed E-state index contributed by atoms with van der Waals surface area (Å²) < 4.78 is 10.8. The van der Waals surface area contributed by atoms with Gasteiger partial charge in [0.15, 0.2) is 5.78 Å². The summed E-state index contributed by atoms with van der Waals surface area (Å²) in [5, 5.41) is 0. The molecule has 0 spiro atoms. The Balaban J connectivity index is 1.91. The highest BCUT2D eigenvalue weighted by Gasteiger charge is 2.45. The van der Waals surface area contributed by atoms with Gasteiger partial charge >= 0.3 is 11.9 Å². The Kier molecular flexibility index (Phi) is 6.58. The van der Waals surface area contributed by atoms with E-state index in [0.717, 1.165) is 16.7 Å². The number of hydrogen-bond acceptors (Lipinski definition) is 5. The van der Waals surface area contributed by atoms with E-state index in [1.54, 1.807) is 39.0 Å². The number of esters is 2. The van der Waals surface area contributed by atoms with Gasteiger partial charge < -0.3 is 9.47 Å². The lowest BCUT2D eigenvalue weighted by Crippen LogP contribution is -2.10. The number of rotatable bonds is 8. The summed E-state index contributed by atoms with van der Waals surface area (Å²) in [6, 6.07) is 12.6. The first-order valence-electron chi connectivity index (χ1n) is 10.3. The summed E-state index contributed by atoms with van der Waals surface area (Å²) in [5.41, 5.74) is 3.72. The predicted molar refractivity (Wildman–Crippen MR) is 123 cm³/mol. The third kappa shape index (κ3) is 5.11. The van der Waals surface area contributed by atoms with Crippen molar-refractivity contribution in [3.05, 3.63) is 84.5 Å². The summed E-state index contributed by atoms with van der Waals surface area (Å²) in [6.45, 7) is 15.8. The molecule has 0 amide bonds. The number of ketones is 1. The van der Waals surface area contributed by atoms with Gasteiger partial charge in [0.1, 0.15) is 11.5 Å². The topological polar surface area (TPSA) is 69.7 Å². The zero-order valence-electron chi connectivity index (χ0n) is 18.6. The van der Waals surface area contributed by atoms with Crippen molar-refractivity contribution < 1.29 is 23.9 Å². The van der Waals surface area contributed by atoms with Crippen LogP contribution < -0.4 is 9.47 Å². The summed E-state index contributed by atoms with van der Waals surface area (Å²) in [7, 11) is 0. The number of benzene rings is 2. The molecule has 0 radical (unpaired) electrons. The zero-order chi connectivity index (χ0) is 23.6. The second kappa shape index (κ2) is 9.18. The maximum atomic E-state index is 12.4. The quantitative estimate of drug-likeness (QED) is 0.311. The average molecular weight is 431 g/mol. The Bertz CT molecular complexity index is 1140. The number of allylic oxidation sites excluding steroid dienone is 1. The molecule has 2 aromatic carbocycles. The smallest absolute Gasteiger partial charge is 0.338 e. The fraction of sp³-hybridized carbons (Fsp3) is 0.222. The molecular weight excluding hydrogens is 404 g/mol. The molecule has 2 aromatic rings. The minimum absolute atomic E-state index is 0.0289. The van der Waals surface area contributed by atoms with E-state index >= 15 is 0 Å². The number of hydrogen-bond donors (Lipinski definition) is 0. The highest BCUT2D eigenvalue weighted by molar-refractivity contribution is 5.99. The molecular formula is C27H26O5. The SMILES string of the molecule is C=C(C)C(=O)Oc1ccc(-c2ccc(OC(=O)C(=C)C)c(C3CC3C(=O)C(=C)C)c2)cc1. The molecule has 0 N–H and O–H groups in total. The van der Waals surface area contributed by atoms with Crippen molar-refractivity contribution in [3.63, 3.8) is 0 Å². The van der Waals surface area contributed by atoms with E-state index in [-0.39, 0.29) is 17.6 Å². The second-order valence-electron chi connectivity index (χ2n) is 8.21. The summed E-state index contributed by atoms with van der Waals surface area (Å²) >= 11 is 0. The Hall–Kier alpha value is -3.73. The first-order valence-corrected chi connectivity index (χ1v) is 10.3. The normalized spacial score (nSPS) is 16.6. The van der Waals surface area contributed by atoms with Gasteiger partial charge in [0, 0.05) is 17.1 Å². The van der Waals surface area contributed by atoms with Crippen molar-refractivity contribution in [1.29, 1.82) is 0 Å². The van der Waals surface area contributed by atoms with Crippen LogP contribution >= 0.6 is 0 Å². The molecule has 0 saturated heterocycles. The summed E-state index contributed by atoms with van der Waals surface area (Å²) in [6.07, 6.45) is 0.683. The van der Waals surface area contributed by atoms with Crippen molar-refractivity contribution >= 4 is 17.7 Å². The van der Waals surface area contributed by atoms with Crippen LogP contribution in [0.1, 0.15) is 38.7 Å². The van der Waals surface area contributed by atoms with E-state index in [9.17, 15) is 14.4 Å². The molecule has 0 aliphatic heterocycles. The molecule has 32 heavy (non-hydrogen) atoms. The van der Waals surface area contributed by atoms with Crippen LogP contribution in [0, 0.1) is 5.92 Å². The van der Waals surface area contributed by atoms with E-state index in [1.807, 2.05) is 24.3 Å². The molecule has 0 heterocycles. The summed E-state index contributed by atoms with van der Waals surface area (Å²) in [5.74, 6) is -0.311. The Labute approximate surface area is 188 Å². The fourth-order valence-electron chi connectivity index (χ4n) is 3.35. The molecule has 1 aliphatic carbocycles. The standard InChI is InChI=1S/C27H26O5/c1-15(2)25(28)23-14-21(23)22-13-19(9-12-24(22)32-27(30)17(5)6)18-7-10-20(11-8-18)31-26(29)16(3)4/h7-13,21,23H,1,3,5,14H2,2,4,6H3. The lowest BCUT2D eigenvalue weighted by atomic mass is 9.98. The van der Waals surface area contributed by atoms with Crippen molar-refractivity contribution in [2.75, 3.05) is 0 Å². The van der Waals surface area contributed by atoms with Gasteiger partial charge in [-0.3, -0.25) is 4.79 Å². The Morgan fingerprint density at radius 1 is 0.781 bits per heavy atom. The van der Waals surface area contributed by atoms with Gasteiger partial charge in [-0.1, -0.05) is 37.9 Å². The largest absolute Gasteiger partial charge is 0.423 e. The van der Waals surface area contributed by atoms with Crippen molar-refractivity contribution in [3.8, 4) is 22.6 Å². The minimum atomic E-state index is -0.508. The first kappa shape index (κ1) is 22.9. The number of ether oxygens (including phenoxy) is 2. The van der Waals surface area contributed by atoms with Crippen molar-refractivity contribution in [1.82, 2.24) is 0 Å². The highest BCUT2D eigenvalue weighted by atomic mass is 16.5. The van der Waals surface area contributed by atoms with Crippen LogP contribution in [-0.4, -0.2) is 17.7 Å². The highest BCUT2D eigenvalue weighted by Crippen LogP contribution is 2.52. The molecule has 5 heteroatoms. The predicted octanol–water partition coefficient (Wildman–Crippen LogP) is 5.57. The van der Waals surface area contributed by atoms with Crippen LogP contribution in [0.3, 0.4) is 0 Å². The van der Waals surface area contributed by atoms with Crippen LogP contribution in [-0.2, 0) is 14.4 Å². The van der Waals surface area contributed by atoms with E-state index in [0.29, 0.717) is 34.6 Å². The van der Waals surface area contributed by atoms with E-state index in [2.05, 4.69) is 19.7 Å². The number of Topliss-reactive ketones (excluding diaryl/α,β-unsaturated/α-hetero) is 1. The molecule has 1 saturated carbocycles. The van der Waals surface area contributed by atoms with Crippen LogP contribution in [0.15, 0.2) is 78.9 Å². The molecule has 2 unspecified atom stereocenters. The van der Waals surface area contributed by atoms with Crippen LogP contribution in [0.5, 0.6) is 11.5 Å². The van der Waals surface area contributed by atoms with Crippen LogP contribution in [0.2, 0.25) is 0 Å². The lowest BCUT2D eigenvalue weighted by molar-refractivity contribution is -0.131. The van der Waals surface area contributed by atoms with Crippen molar-refractivity contribution in [2.24, 2.45) is 5.92 Å². The van der Waals surface area contributed by atoms with Gasteiger partial charge in [-0.15, -0.1) is 0 Å². The lowest BCUT2D eigenvalue weighted by Gasteiger charge is -2.13. The molecule has 0 aromatic heterocycles. The molecule has 5 nitrogen and oxygen atoms in total. The van der Waals surface area contributed by atoms with E-state index in [1.165, 1.54) is 0 Å². The van der Waals surface area contributed by atoms with E-state index < -0.39 is 11.9 Å². The molecule has 0 bridgehead atoms. The van der Waals surface area contributed by atoms with Gasteiger partial charge in [-0.05, 0) is 79.6 Å². The maximum absolute atomic E-state index is 12.4. The van der Waals surface area contributed by atoms with Gasteiger partial charge in [0.05, 0.1) is 0 Å². The minimum Gasteiger partial charge on any atom is -0.423 e.